The second kappa shape index (κ2) is 5.61. The van der Waals surface area contributed by atoms with Crippen LogP contribution in [0.5, 0.6) is 0 Å². The summed E-state index contributed by atoms with van der Waals surface area (Å²) < 4.78 is 5.33. The lowest BCUT2D eigenvalue weighted by Crippen LogP contribution is -2.32. The molecule has 0 aliphatic carbocycles. The third-order valence-electron chi connectivity index (χ3n) is 3.32. The highest BCUT2D eigenvalue weighted by Crippen LogP contribution is 2.22. The molecule has 2 unspecified atom stereocenters. The van der Waals surface area contributed by atoms with E-state index in [0.717, 1.165) is 19.1 Å². The monoisotopic (exact) mass is 185 g/mol. The van der Waals surface area contributed by atoms with Gasteiger partial charge in [0.1, 0.15) is 0 Å². The quantitative estimate of drug-likeness (QED) is 0.728. The summed E-state index contributed by atoms with van der Waals surface area (Å²) in [5.74, 6) is 1.49. The lowest BCUT2D eigenvalue weighted by molar-refractivity contribution is 0.0600. The highest BCUT2D eigenvalue weighted by molar-refractivity contribution is 4.74. The zero-order chi connectivity index (χ0) is 9.68. The van der Waals surface area contributed by atoms with E-state index in [2.05, 4.69) is 13.8 Å². The van der Waals surface area contributed by atoms with Crippen molar-refractivity contribution in [2.75, 3.05) is 13.2 Å². The maximum Gasteiger partial charge on any atom is 0.0468 e. The van der Waals surface area contributed by atoms with E-state index in [1.807, 2.05) is 0 Å². The summed E-state index contributed by atoms with van der Waals surface area (Å²) in [5, 5.41) is 0. The molecule has 13 heavy (non-hydrogen) atoms. The predicted octanol–water partition coefficient (Wildman–Crippen LogP) is 2.18. The molecule has 1 aliphatic heterocycles. The fraction of sp³-hybridized carbons (Fsp3) is 1.00. The summed E-state index contributed by atoms with van der Waals surface area (Å²) in [7, 11) is 0. The Balaban J connectivity index is 2.21. The lowest BCUT2D eigenvalue weighted by Gasteiger charge is -2.27. The van der Waals surface area contributed by atoms with Gasteiger partial charge in [-0.25, -0.2) is 0 Å². The number of hydrogen-bond acceptors (Lipinski definition) is 2. The van der Waals surface area contributed by atoms with Gasteiger partial charge in [-0.15, -0.1) is 0 Å². The molecular weight excluding hydrogens is 162 g/mol. The van der Waals surface area contributed by atoms with Gasteiger partial charge in [0, 0.05) is 19.3 Å². The van der Waals surface area contributed by atoms with Gasteiger partial charge in [0.05, 0.1) is 0 Å². The highest BCUT2D eigenvalue weighted by atomic mass is 16.5. The van der Waals surface area contributed by atoms with Gasteiger partial charge in [-0.3, -0.25) is 0 Å². The molecule has 0 spiro atoms. The van der Waals surface area contributed by atoms with E-state index in [1.165, 1.54) is 25.7 Å². The summed E-state index contributed by atoms with van der Waals surface area (Å²) in [5.41, 5.74) is 6.12. The largest absolute Gasteiger partial charge is 0.381 e. The summed E-state index contributed by atoms with van der Waals surface area (Å²) in [6.45, 7) is 6.36. The van der Waals surface area contributed by atoms with Crippen LogP contribution in [0.1, 0.15) is 39.5 Å². The van der Waals surface area contributed by atoms with Crippen molar-refractivity contribution in [1.29, 1.82) is 0 Å². The van der Waals surface area contributed by atoms with Crippen molar-refractivity contribution in [2.45, 2.75) is 45.6 Å². The molecule has 2 nitrogen and oxygen atoms in total. The third-order valence-corrected chi connectivity index (χ3v) is 3.32. The van der Waals surface area contributed by atoms with E-state index in [-0.39, 0.29) is 0 Å². The first-order chi connectivity index (χ1) is 6.24. The van der Waals surface area contributed by atoms with E-state index in [4.69, 9.17) is 10.5 Å². The van der Waals surface area contributed by atoms with E-state index in [1.54, 1.807) is 0 Å². The molecular formula is C11H23NO. The molecule has 0 aromatic heterocycles. The highest BCUT2D eigenvalue weighted by Gasteiger charge is 2.19. The smallest absolute Gasteiger partial charge is 0.0468 e. The zero-order valence-electron chi connectivity index (χ0n) is 8.96. The van der Waals surface area contributed by atoms with Crippen molar-refractivity contribution < 1.29 is 4.74 Å². The van der Waals surface area contributed by atoms with Crippen LogP contribution in [0.15, 0.2) is 0 Å². The molecule has 1 aliphatic rings. The Bertz CT molecular complexity index is 132. The molecule has 0 aromatic rings. The molecule has 2 heteroatoms. The molecule has 2 N–H and O–H groups in total. The van der Waals surface area contributed by atoms with Crippen molar-refractivity contribution in [3.8, 4) is 0 Å². The number of ether oxygens (including phenoxy) is 1. The second-order valence-corrected chi connectivity index (χ2v) is 4.34. The predicted molar refractivity (Wildman–Crippen MR) is 55.6 cm³/mol. The summed E-state index contributed by atoms with van der Waals surface area (Å²) >= 11 is 0. The topological polar surface area (TPSA) is 35.2 Å². The normalized spacial score (nSPS) is 24.2. The van der Waals surface area contributed by atoms with Gasteiger partial charge in [0.2, 0.25) is 0 Å². The first kappa shape index (κ1) is 11.0. The number of hydrogen-bond donors (Lipinski definition) is 1. The van der Waals surface area contributed by atoms with Gasteiger partial charge >= 0.3 is 0 Å². The minimum Gasteiger partial charge on any atom is -0.381 e. The van der Waals surface area contributed by atoms with Crippen LogP contribution in [0, 0.1) is 11.8 Å². The summed E-state index contributed by atoms with van der Waals surface area (Å²) in [4.78, 5) is 0. The molecule has 1 saturated heterocycles. The molecule has 78 valence electrons. The molecule has 0 radical (unpaired) electrons. The van der Waals surface area contributed by atoms with Crippen molar-refractivity contribution in [1.82, 2.24) is 0 Å². The Hall–Kier alpha value is -0.0800. The summed E-state index contributed by atoms with van der Waals surface area (Å²) in [6.07, 6.45) is 4.82. The lowest BCUT2D eigenvalue weighted by atomic mass is 9.87. The van der Waals surface area contributed by atoms with E-state index >= 15 is 0 Å². The maximum atomic E-state index is 6.12. The summed E-state index contributed by atoms with van der Waals surface area (Å²) in [6, 6.07) is 0.396. The van der Waals surface area contributed by atoms with E-state index < -0.39 is 0 Å². The van der Waals surface area contributed by atoms with Crippen LogP contribution in [0.4, 0.5) is 0 Å². The van der Waals surface area contributed by atoms with Gasteiger partial charge in [-0.1, -0.05) is 20.3 Å². The Morgan fingerprint density at radius 2 is 2.00 bits per heavy atom. The average molecular weight is 185 g/mol. The van der Waals surface area contributed by atoms with Crippen LogP contribution in [0.25, 0.3) is 0 Å². The molecule has 1 rings (SSSR count). The SMILES string of the molecule is CCC(C)C(N)CC1CCOCC1. The van der Waals surface area contributed by atoms with Crippen LogP contribution in [0.3, 0.4) is 0 Å². The van der Waals surface area contributed by atoms with Gasteiger partial charge in [0.25, 0.3) is 0 Å². The van der Waals surface area contributed by atoms with Crippen LogP contribution in [0.2, 0.25) is 0 Å². The van der Waals surface area contributed by atoms with E-state index in [9.17, 15) is 0 Å². The van der Waals surface area contributed by atoms with Crippen molar-refractivity contribution >= 4 is 0 Å². The molecule has 0 bridgehead atoms. The van der Waals surface area contributed by atoms with Crippen molar-refractivity contribution in [2.24, 2.45) is 17.6 Å². The molecule has 0 amide bonds. The first-order valence-electron chi connectivity index (χ1n) is 5.57. The zero-order valence-corrected chi connectivity index (χ0v) is 8.96. The fourth-order valence-electron chi connectivity index (χ4n) is 1.90. The standard InChI is InChI=1S/C11H23NO/c1-3-9(2)11(12)8-10-4-6-13-7-5-10/h9-11H,3-8,12H2,1-2H3. The molecule has 1 fully saturated rings. The molecule has 0 saturated carbocycles. The minimum absolute atomic E-state index is 0.396. The second-order valence-electron chi connectivity index (χ2n) is 4.34. The van der Waals surface area contributed by atoms with Crippen LogP contribution >= 0.6 is 0 Å². The van der Waals surface area contributed by atoms with Gasteiger partial charge in [-0.05, 0) is 31.1 Å². The number of rotatable bonds is 4. The Labute approximate surface area is 81.8 Å². The van der Waals surface area contributed by atoms with Crippen molar-refractivity contribution in [3.63, 3.8) is 0 Å². The van der Waals surface area contributed by atoms with Crippen LogP contribution in [-0.2, 0) is 4.74 Å². The fourth-order valence-corrected chi connectivity index (χ4v) is 1.90. The molecule has 0 aromatic carbocycles. The molecule has 1 heterocycles. The number of nitrogens with two attached hydrogens (primary N) is 1. The average Bonchev–Trinajstić information content (AvgIpc) is 2.18. The maximum absolute atomic E-state index is 6.12. The van der Waals surface area contributed by atoms with E-state index in [0.29, 0.717) is 12.0 Å². The van der Waals surface area contributed by atoms with Crippen molar-refractivity contribution in [3.05, 3.63) is 0 Å². The van der Waals surface area contributed by atoms with Crippen LogP contribution in [-0.4, -0.2) is 19.3 Å². The Morgan fingerprint density at radius 3 is 2.54 bits per heavy atom. The Kier molecular flexibility index (Phi) is 4.74. The van der Waals surface area contributed by atoms with Gasteiger partial charge in [0.15, 0.2) is 0 Å². The van der Waals surface area contributed by atoms with Gasteiger partial charge < -0.3 is 10.5 Å². The third kappa shape index (κ3) is 3.65. The molecule has 2 atom stereocenters. The minimum atomic E-state index is 0.396. The van der Waals surface area contributed by atoms with Crippen LogP contribution < -0.4 is 5.73 Å². The first-order valence-corrected chi connectivity index (χ1v) is 5.57. The van der Waals surface area contributed by atoms with Gasteiger partial charge in [-0.2, -0.15) is 0 Å². The Morgan fingerprint density at radius 1 is 1.38 bits per heavy atom.